The topological polar surface area (TPSA) is 117 Å². The molecule has 1 fully saturated rings. The number of terminal acetylenes is 1. The van der Waals surface area contributed by atoms with Crippen LogP contribution in [0, 0.1) is 23.7 Å². The third kappa shape index (κ3) is 5.78. The van der Waals surface area contributed by atoms with Crippen LogP contribution in [-0.4, -0.2) is 39.5 Å². The molecule has 4 atom stereocenters. The molecule has 6 rings (SSSR count). The lowest BCUT2D eigenvalue weighted by atomic mass is 9.91. The minimum absolute atomic E-state index is 0.144. The second kappa shape index (κ2) is 13.1. The summed E-state index contributed by atoms with van der Waals surface area (Å²) in [7, 11) is 0. The third-order valence-corrected chi connectivity index (χ3v) is 7.64. The van der Waals surface area contributed by atoms with E-state index in [9.17, 15) is 5.26 Å². The highest BCUT2D eigenvalue weighted by molar-refractivity contribution is 5.75. The number of rotatable bonds is 11. The maximum atomic E-state index is 11.0. The van der Waals surface area contributed by atoms with Gasteiger partial charge in [-0.25, -0.2) is 9.50 Å². The van der Waals surface area contributed by atoms with Crippen molar-refractivity contribution in [2.75, 3.05) is 12.3 Å². The number of fused-ring (bicyclic) bond motifs is 1. The zero-order chi connectivity index (χ0) is 30.4. The van der Waals surface area contributed by atoms with E-state index in [-0.39, 0.29) is 25.6 Å². The molecule has 9 nitrogen and oxygen atoms in total. The first-order valence-corrected chi connectivity index (χ1v) is 14.2. The van der Waals surface area contributed by atoms with Gasteiger partial charge in [-0.15, -0.1) is 6.42 Å². The number of nitrogens with zero attached hydrogens (tertiary/aromatic N) is 4. The van der Waals surface area contributed by atoms with Gasteiger partial charge in [-0.1, -0.05) is 96.9 Å². The normalized spacial score (nSPS) is 21.2. The second-order valence-corrected chi connectivity index (χ2v) is 10.5. The molecule has 2 N–H and O–H groups in total. The number of nitriles is 1. The summed E-state index contributed by atoms with van der Waals surface area (Å²) in [4.78, 5) is 4.11. The van der Waals surface area contributed by atoms with Gasteiger partial charge < -0.3 is 24.7 Å². The van der Waals surface area contributed by atoms with E-state index in [2.05, 4.69) is 22.1 Å². The Morgan fingerprint density at radius 1 is 0.886 bits per heavy atom. The van der Waals surface area contributed by atoms with Crippen molar-refractivity contribution in [3.63, 3.8) is 0 Å². The van der Waals surface area contributed by atoms with Crippen LogP contribution in [0.25, 0.3) is 5.52 Å². The van der Waals surface area contributed by atoms with Crippen molar-refractivity contribution >= 4 is 11.3 Å². The molecule has 1 aliphatic heterocycles. The Bertz CT molecular complexity index is 1780. The first-order chi connectivity index (χ1) is 21.6. The van der Waals surface area contributed by atoms with Crippen molar-refractivity contribution in [2.45, 2.75) is 43.7 Å². The lowest BCUT2D eigenvalue weighted by molar-refractivity contribution is -0.0971. The molecule has 0 saturated carbocycles. The molecule has 2 aromatic heterocycles. The number of nitrogens with two attached hydrogens (primary N) is 1. The van der Waals surface area contributed by atoms with Crippen LogP contribution in [0.4, 0.5) is 5.82 Å². The van der Waals surface area contributed by atoms with E-state index in [0.29, 0.717) is 23.4 Å². The summed E-state index contributed by atoms with van der Waals surface area (Å²) in [5.74, 6) is 2.83. The minimum atomic E-state index is -1.68. The average Bonchev–Trinajstić information content (AvgIpc) is 3.61. The van der Waals surface area contributed by atoms with Gasteiger partial charge in [-0.05, 0) is 22.8 Å². The van der Waals surface area contributed by atoms with Gasteiger partial charge >= 0.3 is 0 Å². The first kappa shape index (κ1) is 29.1. The van der Waals surface area contributed by atoms with Crippen LogP contribution in [0.3, 0.4) is 0 Å². The SMILES string of the molecule is C#Cc1cc(C2(C#N)OC(COCc3ccccc3)C(OCc3ccccc3)C2OCc2ccccc2)n2ncnc(N)c12. The summed E-state index contributed by atoms with van der Waals surface area (Å²) in [5, 5.41) is 15.4. The highest BCUT2D eigenvalue weighted by Crippen LogP contribution is 2.44. The van der Waals surface area contributed by atoms with E-state index in [0.717, 1.165) is 16.7 Å². The Labute approximate surface area is 255 Å². The number of ether oxygens (including phenoxy) is 4. The number of hydrogen-bond acceptors (Lipinski definition) is 8. The summed E-state index contributed by atoms with van der Waals surface area (Å²) >= 11 is 0. The van der Waals surface area contributed by atoms with Crippen LogP contribution in [0.1, 0.15) is 27.9 Å². The molecular formula is C35H31N5O4. The second-order valence-electron chi connectivity index (χ2n) is 10.5. The lowest BCUT2D eigenvalue weighted by Crippen LogP contribution is -2.44. The molecule has 3 heterocycles. The monoisotopic (exact) mass is 585 g/mol. The maximum Gasteiger partial charge on any atom is 0.225 e. The molecule has 220 valence electrons. The van der Waals surface area contributed by atoms with Gasteiger partial charge in [0.25, 0.3) is 0 Å². The van der Waals surface area contributed by atoms with E-state index >= 15 is 0 Å². The summed E-state index contributed by atoms with van der Waals surface area (Å²) in [6, 6.07) is 33.5. The molecule has 4 unspecified atom stereocenters. The first-order valence-electron chi connectivity index (χ1n) is 14.2. The third-order valence-electron chi connectivity index (χ3n) is 7.64. The van der Waals surface area contributed by atoms with E-state index in [1.165, 1.54) is 10.8 Å². The van der Waals surface area contributed by atoms with E-state index in [1.807, 2.05) is 91.0 Å². The van der Waals surface area contributed by atoms with Gasteiger partial charge in [0.2, 0.25) is 5.60 Å². The highest BCUT2D eigenvalue weighted by atomic mass is 16.6. The van der Waals surface area contributed by atoms with Gasteiger partial charge in [0.15, 0.2) is 5.82 Å². The number of benzene rings is 3. The Kier molecular flexibility index (Phi) is 8.64. The number of hydrogen-bond donors (Lipinski definition) is 1. The Morgan fingerprint density at radius 2 is 1.48 bits per heavy atom. The van der Waals surface area contributed by atoms with Crippen molar-refractivity contribution in [1.29, 1.82) is 5.26 Å². The molecular weight excluding hydrogens is 554 g/mol. The van der Waals surface area contributed by atoms with Crippen molar-refractivity contribution in [1.82, 2.24) is 14.6 Å². The van der Waals surface area contributed by atoms with Gasteiger partial charge in [-0.3, -0.25) is 0 Å². The van der Waals surface area contributed by atoms with Gasteiger partial charge in [0.05, 0.1) is 37.7 Å². The fraction of sp³-hybridized carbons (Fsp3) is 0.229. The summed E-state index contributed by atoms with van der Waals surface area (Å²) < 4.78 is 27.5. The van der Waals surface area contributed by atoms with Crippen LogP contribution < -0.4 is 5.73 Å². The molecule has 3 aromatic carbocycles. The smallest absolute Gasteiger partial charge is 0.225 e. The zero-order valence-corrected chi connectivity index (χ0v) is 24.0. The standard InChI is InChI=1S/C35H31N5O4/c1-2-28-18-30(40-31(28)34(37)38-24-39-40)35(23-36)33(43-21-27-16-10-5-11-17-27)32(42-20-26-14-8-4-9-15-26)29(44-35)22-41-19-25-12-6-3-7-13-25/h1,3-18,24,29,32-33H,19-22H2,(H2,37,38,39). The zero-order valence-electron chi connectivity index (χ0n) is 24.0. The quantitative estimate of drug-likeness (QED) is 0.220. The Morgan fingerprint density at radius 3 is 2.07 bits per heavy atom. The fourth-order valence-corrected chi connectivity index (χ4v) is 5.52. The van der Waals surface area contributed by atoms with E-state index in [4.69, 9.17) is 31.1 Å². The molecule has 0 amide bonds. The van der Waals surface area contributed by atoms with Crippen LogP contribution in [0.15, 0.2) is 103 Å². The van der Waals surface area contributed by atoms with Gasteiger partial charge in [0.1, 0.15) is 36.2 Å². The van der Waals surface area contributed by atoms with Crippen molar-refractivity contribution in [3.05, 3.63) is 131 Å². The van der Waals surface area contributed by atoms with Gasteiger partial charge in [-0.2, -0.15) is 10.4 Å². The Balaban J connectivity index is 1.41. The molecule has 1 saturated heterocycles. The molecule has 0 radical (unpaired) electrons. The van der Waals surface area contributed by atoms with E-state index < -0.39 is 23.9 Å². The van der Waals surface area contributed by atoms with Crippen LogP contribution in [0.2, 0.25) is 0 Å². The molecule has 9 heteroatoms. The molecule has 5 aromatic rings. The summed E-state index contributed by atoms with van der Waals surface area (Å²) in [6.07, 6.45) is 4.90. The van der Waals surface area contributed by atoms with Crippen molar-refractivity contribution < 1.29 is 18.9 Å². The highest BCUT2D eigenvalue weighted by Gasteiger charge is 2.60. The number of anilines is 1. The lowest BCUT2D eigenvalue weighted by Gasteiger charge is -2.29. The van der Waals surface area contributed by atoms with E-state index in [1.54, 1.807) is 6.07 Å². The minimum Gasteiger partial charge on any atom is -0.382 e. The molecule has 0 spiro atoms. The van der Waals surface area contributed by atoms with Crippen LogP contribution in [0.5, 0.6) is 0 Å². The average molecular weight is 586 g/mol. The predicted octanol–water partition coefficient (Wildman–Crippen LogP) is 4.80. The number of nitrogen functional groups attached to an aromatic ring is 1. The predicted molar refractivity (Wildman–Crippen MR) is 164 cm³/mol. The maximum absolute atomic E-state index is 11.0. The largest absolute Gasteiger partial charge is 0.382 e. The summed E-state index contributed by atoms with van der Waals surface area (Å²) in [5.41, 5.74) is 8.66. The van der Waals surface area contributed by atoms with Crippen molar-refractivity contribution in [2.24, 2.45) is 0 Å². The molecule has 44 heavy (non-hydrogen) atoms. The molecule has 0 bridgehead atoms. The fourth-order valence-electron chi connectivity index (χ4n) is 5.52. The molecule has 1 aliphatic rings. The summed E-state index contributed by atoms with van der Waals surface area (Å²) in [6.45, 7) is 0.992. The van der Waals surface area contributed by atoms with Crippen LogP contribution >= 0.6 is 0 Å². The van der Waals surface area contributed by atoms with Gasteiger partial charge in [0, 0.05) is 0 Å². The van der Waals surface area contributed by atoms with Crippen LogP contribution in [-0.2, 0) is 44.4 Å². The molecule has 0 aliphatic carbocycles. The Hall–Kier alpha value is -5.03. The van der Waals surface area contributed by atoms with Crippen molar-refractivity contribution in [3.8, 4) is 18.4 Å². The number of aromatic nitrogens is 3.